The van der Waals surface area contributed by atoms with Gasteiger partial charge in [0.25, 0.3) is 0 Å². The topological polar surface area (TPSA) is 47.0 Å². The first kappa shape index (κ1) is 21.2. The number of halogens is 2. The monoisotopic (exact) mass is 519 g/mol. The van der Waals surface area contributed by atoms with Crippen molar-refractivity contribution in [3.05, 3.63) is 83.1 Å². The second-order valence-corrected chi connectivity index (χ2v) is 11.7. The number of sulfone groups is 1. The van der Waals surface area contributed by atoms with Crippen molar-refractivity contribution in [3.63, 3.8) is 0 Å². The summed E-state index contributed by atoms with van der Waals surface area (Å²) in [5.41, 5.74) is 1.90. The van der Waals surface area contributed by atoms with E-state index in [1.807, 2.05) is 24.3 Å². The van der Waals surface area contributed by atoms with Crippen LogP contribution in [0.25, 0.3) is 21.7 Å². The molecule has 0 unspecified atom stereocenters. The van der Waals surface area contributed by atoms with Crippen molar-refractivity contribution in [2.75, 3.05) is 6.26 Å². The van der Waals surface area contributed by atoms with Gasteiger partial charge in [0.15, 0.2) is 14.2 Å². The first-order valence-corrected chi connectivity index (χ1v) is 13.1. The van der Waals surface area contributed by atoms with Crippen LogP contribution in [0.1, 0.15) is 0 Å². The molecule has 8 heteroatoms. The lowest BCUT2D eigenvalue weighted by Crippen LogP contribution is -2.00. The molecule has 0 aliphatic heterocycles. The molecular weight excluding hydrogens is 505 g/mol. The van der Waals surface area contributed by atoms with Gasteiger partial charge < -0.3 is 0 Å². The van der Waals surface area contributed by atoms with Crippen LogP contribution in [0.3, 0.4) is 0 Å². The van der Waals surface area contributed by atoms with Crippen molar-refractivity contribution in [2.24, 2.45) is 0 Å². The average molecular weight is 520 g/mol. The molecule has 0 N–H and O–H groups in total. The van der Waals surface area contributed by atoms with Gasteiger partial charge in [0.05, 0.1) is 15.5 Å². The van der Waals surface area contributed by atoms with E-state index >= 15 is 0 Å². The second kappa shape index (κ2) is 8.63. The van der Waals surface area contributed by atoms with E-state index in [4.69, 9.17) is 4.98 Å². The summed E-state index contributed by atoms with van der Waals surface area (Å²) in [6.45, 7) is 0. The Hall–Kier alpha value is -2.00. The van der Waals surface area contributed by atoms with E-state index in [0.29, 0.717) is 11.3 Å². The molecule has 152 valence electrons. The van der Waals surface area contributed by atoms with Gasteiger partial charge >= 0.3 is 0 Å². The van der Waals surface area contributed by atoms with Crippen LogP contribution in [0.15, 0.2) is 91.4 Å². The fraction of sp³-hybridized carbons (Fsp3) is 0.0455. The van der Waals surface area contributed by atoms with E-state index in [0.717, 1.165) is 24.1 Å². The van der Waals surface area contributed by atoms with Crippen LogP contribution >= 0.6 is 39.0 Å². The maximum Gasteiger partial charge on any atom is 0.176 e. The Bertz CT molecular complexity index is 1320. The Morgan fingerprint density at radius 2 is 1.73 bits per heavy atom. The van der Waals surface area contributed by atoms with E-state index in [1.165, 1.54) is 41.5 Å². The Balaban J connectivity index is 1.89. The lowest BCUT2D eigenvalue weighted by Gasteiger charge is -2.08. The minimum absolute atomic E-state index is 0.220. The standard InChI is InChI=1S/C22H15BrFNO2S3/c1-30(26,27)19-8-3-2-7-18(19)20-21(14-9-11-16(24)12-10-14)29-22(25-20)28-17-6-4-5-15(23)13-17/h2-13H,1H3. The van der Waals surface area contributed by atoms with Gasteiger partial charge in [0.2, 0.25) is 0 Å². The van der Waals surface area contributed by atoms with Crippen LogP contribution in [0.2, 0.25) is 0 Å². The number of aromatic nitrogens is 1. The molecule has 0 spiro atoms. The average Bonchev–Trinajstić information content (AvgIpc) is 3.11. The molecule has 1 aromatic heterocycles. The Morgan fingerprint density at radius 3 is 2.43 bits per heavy atom. The van der Waals surface area contributed by atoms with Gasteiger partial charge in [-0.05, 0) is 42.0 Å². The van der Waals surface area contributed by atoms with Crippen molar-refractivity contribution in [1.82, 2.24) is 4.98 Å². The van der Waals surface area contributed by atoms with E-state index in [1.54, 1.807) is 36.4 Å². The zero-order valence-electron chi connectivity index (χ0n) is 15.7. The summed E-state index contributed by atoms with van der Waals surface area (Å²) in [5.74, 6) is -0.329. The van der Waals surface area contributed by atoms with E-state index < -0.39 is 9.84 Å². The molecule has 3 aromatic carbocycles. The number of rotatable bonds is 5. The molecule has 0 amide bonds. The molecule has 0 bridgehead atoms. The second-order valence-electron chi connectivity index (χ2n) is 6.49. The third-order valence-corrected chi connectivity index (χ3v) is 8.06. The number of nitrogens with zero attached hydrogens (tertiary/aromatic N) is 1. The van der Waals surface area contributed by atoms with Gasteiger partial charge in [-0.1, -0.05) is 64.1 Å². The van der Waals surface area contributed by atoms with Crippen molar-refractivity contribution >= 4 is 48.9 Å². The predicted molar refractivity (Wildman–Crippen MR) is 124 cm³/mol. The van der Waals surface area contributed by atoms with Gasteiger partial charge in [-0.2, -0.15) is 0 Å². The molecule has 3 nitrogen and oxygen atoms in total. The molecule has 1 heterocycles. The quantitative estimate of drug-likeness (QED) is 0.286. The zero-order chi connectivity index (χ0) is 21.3. The highest BCUT2D eigenvalue weighted by molar-refractivity contribution is 9.10. The lowest BCUT2D eigenvalue weighted by molar-refractivity contribution is 0.602. The van der Waals surface area contributed by atoms with Crippen LogP contribution in [0, 0.1) is 5.82 Å². The summed E-state index contributed by atoms with van der Waals surface area (Å²) in [7, 11) is -3.45. The highest BCUT2D eigenvalue weighted by Crippen LogP contribution is 2.44. The summed E-state index contributed by atoms with van der Waals surface area (Å²) in [6.07, 6.45) is 1.19. The zero-order valence-corrected chi connectivity index (χ0v) is 19.7. The van der Waals surface area contributed by atoms with E-state index in [9.17, 15) is 12.8 Å². The van der Waals surface area contributed by atoms with Crippen LogP contribution < -0.4 is 0 Å². The smallest absolute Gasteiger partial charge is 0.176 e. The number of hydrogen-bond acceptors (Lipinski definition) is 5. The largest absolute Gasteiger partial charge is 0.229 e. The fourth-order valence-corrected chi connectivity index (χ4v) is 6.58. The summed E-state index contributed by atoms with van der Waals surface area (Å²) >= 11 is 6.42. The van der Waals surface area contributed by atoms with E-state index in [-0.39, 0.29) is 10.7 Å². The van der Waals surface area contributed by atoms with Gasteiger partial charge in [-0.15, -0.1) is 11.3 Å². The van der Waals surface area contributed by atoms with Crippen molar-refractivity contribution in [1.29, 1.82) is 0 Å². The Kier molecular flexibility index (Phi) is 6.11. The minimum atomic E-state index is -3.45. The number of thiazole rings is 1. The lowest BCUT2D eigenvalue weighted by atomic mass is 10.1. The molecule has 0 fully saturated rings. The molecule has 4 aromatic rings. The molecule has 0 aliphatic rings. The summed E-state index contributed by atoms with van der Waals surface area (Å²) in [4.78, 5) is 6.81. The molecule has 0 aliphatic carbocycles. The highest BCUT2D eigenvalue weighted by Gasteiger charge is 2.21. The Labute approximate surface area is 191 Å². The summed E-state index contributed by atoms with van der Waals surface area (Å²) < 4.78 is 40.0. The van der Waals surface area contributed by atoms with Crippen molar-refractivity contribution in [2.45, 2.75) is 14.1 Å². The van der Waals surface area contributed by atoms with Gasteiger partial charge in [-0.3, -0.25) is 0 Å². The van der Waals surface area contributed by atoms with Crippen LogP contribution in [0.4, 0.5) is 4.39 Å². The predicted octanol–water partition coefficient (Wildman–Crippen LogP) is 6.93. The maximum absolute atomic E-state index is 13.5. The van der Waals surface area contributed by atoms with Crippen LogP contribution in [-0.2, 0) is 9.84 Å². The first-order valence-electron chi connectivity index (χ1n) is 8.81. The van der Waals surface area contributed by atoms with E-state index in [2.05, 4.69) is 15.9 Å². The third kappa shape index (κ3) is 4.67. The maximum atomic E-state index is 13.5. The van der Waals surface area contributed by atoms with Crippen LogP contribution in [-0.4, -0.2) is 19.7 Å². The summed E-state index contributed by atoms with van der Waals surface area (Å²) in [5, 5.41) is 0. The number of benzene rings is 3. The highest BCUT2D eigenvalue weighted by atomic mass is 79.9. The van der Waals surface area contributed by atoms with Crippen molar-refractivity contribution in [3.8, 4) is 21.7 Å². The molecular formula is C22H15BrFNO2S3. The normalized spacial score (nSPS) is 11.6. The molecule has 0 saturated carbocycles. The van der Waals surface area contributed by atoms with Gasteiger partial charge in [0.1, 0.15) is 5.82 Å². The first-order chi connectivity index (χ1) is 14.3. The van der Waals surface area contributed by atoms with Crippen molar-refractivity contribution < 1.29 is 12.8 Å². The molecule has 0 atom stereocenters. The SMILES string of the molecule is CS(=O)(=O)c1ccccc1-c1nc(Sc2cccc(Br)c2)sc1-c1ccc(F)cc1. The molecule has 30 heavy (non-hydrogen) atoms. The third-order valence-electron chi connectivity index (χ3n) is 4.26. The number of hydrogen-bond donors (Lipinski definition) is 0. The molecule has 0 saturated heterocycles. The molecule has 4 rings (SSSR count). The molecule has 0 radical (unpaired) electrons. The summed E-state index contributed by atoms with van der Waals surface area (Å²) in [6, 6.07) is 20.8. The van der Waals surface area contributed by atoms with Gasteiger partial charge in [0, 0.05) is 21.2 Å². The fourth-order valence-electron chi connectivity index (χ4n) is 2.94. The minimum Gasteiger partial charge on any atom is -0.229 e. The Morgan fingerprint density at radius 1 is 1.00 bits per heavy atom. The van der Waals surface area contributed by atoms with Crippen LogP contribution in [0.5, 0.6) is 0 Å². The van der Waals surface area contributed by atoms with Gasteiger partial charge in [-0.25, -0.2) is 17.8 Å².